The number of benzene rings is 1. The van der Waals surface area contributed by atoms with Crippen LogP contribution in [0.15, 0.2) is 30.3 Å². The molecule has 1 fully saturated rings. The molecule has 1 aromatic carbocycles. The maximum atomic E-state index is 12.3. The van der Waals surface area contributed by atoms with Crippen LogP contribution < -0.4 is 10.6 Å². The number of amides is 2. The van der Waals surface area contributed by atoms with Gasteiger partial charge in [-0.2, -0.15) is 0 Å². The second-order valence-electron chi connectivity index (χ2n) is 8.43. The number of aliphatic hydroxyl groups excluding tert-OH is 3. The fraction of sp³-hybridized carbons (Fsp3) is 0.636. The van der Waals surface area contributed by atoms with Crippen LogP contribution in [-0.2, 0) is 30.3 Å². The second-order valence-corrected chi connectivity index (χ2v) is 13.5. The molecule has 0 bridgehead atoms. The Hall–Kier alpha value is -0.740. The van der Waals surface area contributed by atoms with Gasteiger partial charge in [0, 0.05) is 0 Å². The molecule has 1 heterocycles. The molecule has 1 aliphatic heterocycles. The lowest BCUT2D eigenvalue weighted by atomic mass is 9.97. The largest absolute Gasteiger partial charge is 0.445 e. The number of hydrogen-bond acceptors (Lipinski definition) is 10. The van der Waals surface area contributed by atoms with E-state index < -0.39 is 76.3 Å². The fourth-order valence-corrected chi connectivity index (χ4v) is 3.62. The number of carbonyl (C=O) groups is 2. The third kappa shape index (κ3) is 13.5. The molecule has 0 aromatic heterocycles. The summed E-state index contributed by atoms with van der Waals surface area (Å²) in [6.45, 7) is -2.08. The molecular formula is C22H28Cl6N2O10. The summed E-state index contributed by atoms with van der Waals surface area (Å²) < 4.78 is 22.9. The van der Waals surface area contributed by atoms with Gasteiger partial charge in [-0.15, -0.1) is 0 Å². The van der Waals surface area contributed by atoms with Crippen LogP contribution in [0.5, 0.6) is 0 Å². The molecule has 1 aliphatic rings. The number of alkyl halides is 6. The molecule has 40 heavy (non-hydrogen) atoms. The van der Waals surface area contributed by atoms with E-state index in [4.69, 9.17) is 93.3 Å². The van der Waals surface area contributed by atoms with Gasteiger partial charge in [0.15, 0.2) is 6.29 Å². The minimum Gasteiger partial charge on any atom is -0.445 e. The van der Waals surface area contributed by atoms with Crippen LogP contribution in [0.2, 0.25) is 0 Å². The highest BCUT2D eigenvalue weighted by Crippen LogP contribution is 2.27. The van der Waals surface area contributed by atoms with E-state index in [2.05, 4.69) is 10.6 Å². The topological polar surface area (TPSA) is 165 Å². The predicted octanol–water partition coefficient (Wildman–Crippen LogP) is 2.59. The number of carbonyl (C=O) groups excluding carboxylic acids is 2. The SMILES string of the molecule is O=C(N[C@H](COCc1ccccc1)CO[C@@H]1O[C@H](CO)[C@@H](O)[C@H](O)[C@H]1NC(=O)OCC(Cl)(Cl)Cl)OCC(Cl)(Cl)Cl. The van der Waals surface area contributed by atoms with Crippen LogP contribution in [0.25, 0.3) is 0 Å². The molecule has 12 nitrogen and oxygen atoms in total. The summed E-state index contributed by atoms with van der Waals surface area (Å²) in [5.41, 5.74) is 0.858. The highest BCUT2D eigenvalue weighted by molar-refractivity contribution is 6.68. The average Bonchev–Trinajstić information content (AvgIpc) is 2.88. The fourth-order valence-electron chi connectivity index (χ4n) is 3.29. The molecule has 2 rings (SSSR count). The van der Waals surface area contributed by atoms with Gasteiger partial charge < -0.3 is 49.6 Å². The van der Waals surface area contributed by atoms with Gasteiger partial charge in [-0.3, -0.25) is 0 Å². The molecule has 0 unspecified atom stereocenters. The van der Waals surface area contributed by atoms with Crippen molar-refractivity contribution >= 4 is 81.8 Å². The van der Waals surface area contributed by atoms with Gasteiger partial charge in [0.05, 0.1) is 32.5 Å². The number of aliphatic hydroxyl groups is 3. The van der Waals surface area contributed by atoms with Gasteiger partial charge in [-0.1, -0.05) is 99.9 Å². The number of ether oxygens (including phenoxy) is 5. The van der Waals surface area contributed by atoms with E-state index >= 15 is 0 Å². The van der Waals surface area contributed by atoms with Crippen molar-refractivity contribution in [3.63, 3.8) is 0 Å². The molecule has 2 amide bonds. The Balaban J connectivity index is 2.09. The van der Waals surface area contributed by atoms with E-state index in [0.29, 0.717) is 0 Å². The summed E-state index contributed by atoms with van der Waals surface area (Å²) in [6, 6.07) is 6.87. The Morgan fingerprint density at radius 2 is 1.52 bits per heavy atom. The zero-order chi connectivity index (χ0) is 29.9. The summed E-state index contributed by atoms with van der Waals surface area (Å²) >= 11 is 33.6. The van der Waals surface area contributed by atoms with Gasteiger partial charge in [0.25, 0.3) is 0 Å². The van der Waals surface area contributed by atoms with Crippen LogP contribution in [0, 0.1) is 0 Å². The summed E-state index contributed by atoms with van der Waals surface area (Å²) in [5, 5.41) is 35.2. The summed E-state index contributed by atoms with van der Waals surface area (Å²) in [6.07, 6.45) is -8.09. The van der Waals surface area contributed by atoms with E-state index in [9.17, 15) is 24.9 Å². The number of hydrogen-bond donors (Lipinski definition) is 5. The van der Waals surface area contributed by atoms with Gasteiger partial charge in [-0.25, -0.2) is 9.59 Å². The lowest BCUT2D eigenvalue weighted by Gasteiger charge is -2.42. The van der Waals surface area contributed by atoms with Crippen LogP contribution in [0.4, 0.5) is 9.59 Å². The van der Waals surface area contributed by atoms with Gasteiger partial charge in [-0.05, 0) is 5.56 Å². The van der Waals surface area contributed by atoms with Gasteiger partial charge in [0.2, 0.25) is 7.59 Å². The Labute approximate surface area is 259 Å². The first kappa shape index (κ1) is 35.5. The van der Waals surface area contributed by atoms with Gasteiger partial charge in [0.1, 0.15) is 37.6 Å². The van der Waals surface area contributed by atoms with Crippen molar-refractivity contribution in [3.8, 4) is 0 Å². The summed E-state index contributed by atoms with van der Waals surface area (Å²) in [5.74, 6) is 0. The smallest absolute Gasteiger partial charge is 0.407 e. The number of rotatable bonds is 12. The predicted molar refractivity (Wildman–Crippen MR) is 147 cm³/mol. The van der Waals surface area contributed by atoms with Crippen LogP contribution in [-0.4, -0.2) is 105 Å². The third-order valence-electron chi connectivity index (χ3n) is 5.11. The minimum absolute atomic E-state index is 0.0948. The van der Waals surface area contributed by atoms with E-state index in [1.807, 2.05) is 30.3 Å². The highest BCUT2D eigenvalue weighted by Gasteiger charge is 2.46. The average molecular weight is 693 g/mol. The first-order valence-electron chi connectivity index (χ1n) is 11.5. The molecule has 0 saturated carbocycles. The van der Waals surface area contributed by atoms with Crippen molar-refractivity contribution in [3.05, 3.63) is 35.9 Å². The maximum absolute atomic E-state index is 12.3. The number of halogens is 6. The molecule has 5 N–H and O–H groups in total. The minimum atomic E-state index is -1.90. The second kappa shape index (κ2) is 16.8. The molecule has 0 radical (unpaired) electrons. The molecule has 6 atom stereocenters. The molecule has 0 spiro atoms. The molecular weight excluding hydrogens is 665 g/mol. The summed E-state index contributed by atoms with van der Waals surface area (Å²) in [7, 11) is 0. The van der Waals surface area contributed by atoms with Crippen LogP contribution in [0.1, 0.15) is 5.56 Å². The van der Waals surface area contributed by atoms with E-state index in [-0.39, 0.29) is 19.8 Å². The van der Waals surface area contributed by atoms with Crippen molar-refractivity contribution in [2.75, 3.05) is 33.0 Å². The zero-order valence-electron chi connectivity index (χ0n) is 20.6. The number of nitrogens with one attached hydrogen (secondary N) is 2. The van der Waals surface area contributed by atoms with Crippen molar-refractivity contribution < 1.29 is 48.6 Å². The molecule has 1 saturated heterocycles. The van der Waals surface area contributed by atoms with E-state index in [1.165, 1.54) is 0 Å². The summed E-state index contributed by atoms with van der Waals surface area (Å²) in [4.78, 5) is 24.5. The molecule has 1 aromatic rings. The molecule has 0 aliphatic carbocycles. The Bertz CT molecular complexity index is 924. The van der Waals surface area contributed by atoms with Crippen LogP contribution >= 0.6 is 69.6 Å². The van der Waals surface area contributed by atoms with Crippen molar-refractivity contribution in [1.82, 2.24) is 10.6 Å². The normalized spacial score (nSPS) is 24.2. The maximum Gasteiger partial charge on any atom is 0.407 e. The molecule has 18 heteroatoms. The van der Waals surface area contributed by atoms with Crippen molar-refractivity contribution in [2.45, 2.75) is 50.9 Å². The first-order chi connectivity index (χ1) is 18.7. The molecule has 228 valence electrons. The lowest BCUT2D eigenvalue weighted by Crippen LogP contribution is -2.65. The monoisotopic (exact) mass is 690 g/mol. The zero-order valence-corrected chi connectivity index (χ0v) is 25.1. The first-order valence-corrected chi connectivity index (χ1v) is 13.8. The highest BCUT2D eigenvalue weighted by atomic mass is 35.6. The van der Waals surface area contributed by atoms with Crippen molar-refractivity contribution in [1.29, 1.82) is 0 Å². The standard InChI is InChI=1S/C22H28Cl6N2O10/c23-21(24,25)10-38-19(34)29-13(8-36-7-12-4-2-1-3-5-12)9-37-18-15(17(33)16(32)14(6-31)40-18)30-20(35)39-11-22(26,27)28/h1-5,13-18,31-33H,6-11H2,(H,29,34)(H,30,35)/t13-,14-,15-,16-,17-,18-/m1/s1. The quantitative estimate of drug-likeness (QED) is 0.206. The number of alkyl carbamates (subject to hydrolysis) is 2. The third-order valence-corrected chi connectivity index (χ3v) is 5.77. The van der Waals surface area contributed by atoms with E-state index in [0.717, 1.165) is 5.56 Å². The Morgan fingerprint density at radius 3 is 2.10 bits per heavy atom. The lowest BCUT2D eigenvalue weighted by molar-refractivity contribution is -0.271. The Kier molecular flexibility index (Phi) is 14.9. The van der Waals surface area contributed by atoms with E-state index in [1.54, 1.807) is 0 Å². The Morgan fingerprint density at radius 1 is 0.925 bits per heavy atom. The van der Waals surface area contributed by atoms with Crippen LogP contribution in [0.3, 0.4) is 0 Å². The van der Waals surface area contributed by atoms with Gasteiger partial charge >= 0.3 is 12.2 Å². The van der Waals surface area contributed by atoms with Crippen molar-refractivity contribution in [2.24, 2.45) is 0 Å².